The molecule has 0 spiro atoms. The summed E-state index contributed by atoms with van der Waals surface area (Å²) in [6.45, 7) is 6.69. The molecule has 1 aliphatic carbocycles. The monoisotopic (exact) mass is 250 g/mol. The minimum atomic E-state index is -0.234. The topological polar surface area (TPSA) is 38.0 Å². The molecule has 1 heterocycles. The van der Waals surface area contributed by atoms with Crippen LogP contribution in [-0.2, 0) is 19.9 Å². The van der Waals surface area contributed by atoms with E-state index in [4.69, 9.17) is 0 Å². The molecule has 3 heteroatoms. The summed E-state index contributed by atoms with van der Waals surface area (Å²) in [7, 11) is 1.97. The second-order valence-corrected chi connectivity index (χ2v) is 6.36. The Morgan fingerprint density at radius 1 is 1.56 bits per heavy atom. The van der Waals surface area contributed by atoms with Gasteiger partial charge in [-0.3, -0.25) is 4.68 Å². The second-order valence-electron chi connectivity index (χ2n) is 6.36. The predicted molar refractivity (Wildman–Crippen MR) is 73.4 cm³/mol. The van der Waals surface area contributed by atoms with Gasteiger partial charge in [0.2, 0.25) is 0 Å². The second kappa shape index (κ2) is 5.04. The summed E-state index contributed by atoms with van der Waals surface area (Å²) in [5.41, 5.74) is 2.55. The third kappa shape index (κ3) is 2.61. The first-order valence-electron chi connectivity index (χ1n) is 7.14. The number of aliphatic hydroxyl groups excluding tert-OH is 1. The number of hydrogen-bond donors (Lipinski definition) is 1. The molecule has 0 aromatic carbocycles. The molecular formula is C15H26N2O. The minimum absolute atomic E-state index is 0.234. The molecule has 2 atom stereocenters. The largest absolute Gasteiger partial charge is 0.392 e. The average Bonchev–Trinajstić information content (AvgIpc) is 2.82. The standard InChI is InChI=1S/C15H26N2O/c1-5-11-9-12(17(4)16-11)10-14(18)13-7-6-8-15(13,2)3/h9,13-14,18H,5-8,10H2,1-4H3. The highest BCUT2D eigenvalue weighted by atomic mass is 16.3. The summed E-state index contributed by atoms with van der Waals surface area (Å²) in [5, 5.41) is 15.0. The smallest absolute Gasteiger partial charge is 0.0628 e. The van der Waals surface area contributed by atoms with Gasteiger partial charge in [0.1, 0.15) is 0 Å². The van der Waals surface area contributed by atoms with Crippen LogP contribution in [0.15, 0.2) is 6.07 Å². The van der Waals surface area contributed by atoms with E-state index in [1.54, 1.807) is 0 Å². The number of aromatic nitrogens is 2. The van der Waals surface area contributed by atoms with Crippen molar-refractivity contribution in [3.63, 3.8) is 0 Å². The number of rotatable bonds is 4. The number of aliphatic hydroxyl groups is 1. The Labute approximate surface area is 110 Å². The van der Waals surface area contributed by atoms with E-state index in [-0.39, 0.29) is 11.5 Å². The Kier molecular flexibility index (Phi) is 3.81. The SMILES string of the molecule is CCc1cc(CC(O)C2CCCC2(C)C)n(C)n1. The molecule has 3 nitrogen and oxygen atoms in total. The highest BCUT2D eigenvalue weighted by molar-refractivity contribution is 5.11. The van der Waals surface area contributed by atoms with Crippen molar-refractivity contribution in [2.24, 2.45) is 18.4 Å². The number of nitrogens with zero attached hydrogens (tertiary/aromatic N) is 2. The lowest BCUT2D eigenvalue weighted by molar-refractivity contribution is 0.0529. The minimum Gasteiger partial charge on any atom is -0.392 e. The molecule has 2 rings (SSSR count). The Balaban J connectivity index is 2.06. The first-order chi connectivity index (χ1) is 8.44. The third-order valence-corrected chi connectivity index (χ3v) is 4.61. The predicted octanol–water partition coefficient (Wildman–Crippen LogP) is 2.71. The van der Waals surface area contributed by atoms with E-state index in [0.29, 0.717) is 5.92 Å². The van der Waals surface area contributed by atoms with E-state index >= 15 is 0 Å². The van der Waals surface area contributed by atoms with Crippen molar-refractivity contribution in [2.75, 3.05) is 0 Å². The van der Waals surface area contributed by atoms with Crippen molar-refractivity contribution in [2.45, 2.75) is 59.0 Å². The third-order valence-electron chi connectivity index (χ3n) is 4.61. The van der Waals surface area contributed by atoms with Crippen LogP contribution < -0.4 is 0 Å². The van der Waals surface area contributed by atoms with Gasteiger partial charge in [0.05, 0.1) is 11.8 Å². The lowest BCUT2D eigenvalue weighted by Gasteiger charge is -2.31. The molecule has 2 unspecified atom stereocenters. The van der Waals surface area contributed by atoms with Gasteiger partial charge in [0.25, 0.3) is 0 Å². The summed E-state index contributed by atoms with van der Waals surface area (Å²) in [4.78, 5) is 0. The maximum atomic E-state index is 10.5. The van der Waals surface area contributed by atoms with Gasteiger partial charge in [-0.15, -0.1) is 0 Å². The van der Waals surface area contributed by atoms with E-state index in [1.165, 1.54) is 12.8 Å². The van der Waals surface area contributed by atoms with E-state index in [9.17, 15) is 5.11 Å². The summed E-state index contributed by atoms with van der Waals surface area (Å²) in [6, 6.07) is 2.13. The van der Waals surface area contributed by atoms with Gasteiger partial charge >= 0.3 is 0 Å². The lowest BCUT2D eigenvalue weighted by atomic mass is 9.77. The van der Waals surface area contributed by atoms with Crippen LogP contribution in [0.2, 0.25) is 0 Å². The molecule has 0 saturated heterocycles. The van der Waals surface area contributed by atoms with E-state index in [1.807, 2.05) is 11.7 Å². The highest BCUT2D eigenvalue weighted by Gasteiger charge is 2.39. The Bertz CT molecular complexity index is 409. The zero-order chi connectivity index (χ0) is 13.3. The van der Waals surface area contributed by atoms with Gasteiger partial charge in [-0.25, -0.2) is 0 Å². The molecule has 1 aromatic heterocycles. The van der Waals surface area contributed by atoms with Gasteiger partial charge in [-0.2, -0.15) is 5.10 Å². The summed E-state index contributed by atoms with van der Waals surface area (Å²) in [6.07, 6.45) is 5.10. The van der Waals surface area contributed by atoms with Gasteiger partial charge < -0.3 is 5.11 Å². The first kappa shape index (κ1) is 13.6. The molecule has 0 amide bonds. The Hall–Kier alpha value is -0.830. The quantitative estimate of drug-likeness (QED) is 0.892. The normalized spacial score (nSPS) is 24.4. The van der Waals surface area contributed by atoms with Crippen molar-refractivity contribution in [1.29, 1.82) is 0 Å². The lowest BCUT2D eigenvalue weighted by Crippen LogP contribution is -2.31. The van der Waals surface area contributed by atoms with Gasteiger partial charge in [-0.05, 0) is 36.7 Å². The molecule has 1 saturated carbocycles. The molecule has 0 radical (unpaired) electrons. The van der Waals surface area contributed by atoms with Gasteiger partial charge in [-0.1, -0.05) is 27.2 Å². The van der Waals surface area contributed by atoms with Crippen molar-refractivity contribution in [1.82, 2.24) is 9.78 Å². The average molecular weight is 250 g/mol. The fourth-order valence-corrected chi connectivity index (χ4v) is 3.36. The van der Waals surface area contributed by atoms with Crippen molar-refractivity contribution < 1.29 is 5.11 Å². The van der Waals surface area contributed by atoms with Crippen LogP contribution in [-0.4, -0.2) is 21.0 Å². The van der Waals surface area contributed by atoms with Crippen LogP contribution in [0.25, 0.3) is 0 Å². The fourth-order valence-electron chi connectivity index (χ4n) is 3.36. The molecule has 0 aliphatic heterocycles. The van der Waals surface area contributed by atoms with Crippen LogP contribution in [0.3, 0.4) is 0 Å². The molecular weight excluding hydrogens is 224 g/mol. The van der Waals surface area contributed by atoms with Crippen molar-refractivity contribution in [3.8, 4) is 0 Å². The van der Waals surface area contributed by atoms with E-state index in [0.717, 1.165) is 30.7 Å². The van der Waals surface area contributed by atoms with Crippen molar-refractivity contribution >= 4 is 0 Å². The molecule has 1 fully saturated rings. The summed E-state index contributed by atoms with van der Waals surface area (Å²) >= 11 is 0. The maximum absolute atomic E-state index is 10.5. The molecule has 18 heavy (non-hydrogen) atoms. The van der Waals surface area contributed by atoms with Crippen LogP contribution >= 0.6 is 0 Å². The van der Waals surface area contributed by atoms with Crippen molar-refractivity contribution in [3.05, 3.63) is 17.5 Å². The number of hydrogen-bond acceptors (Lipinski definition) is 2. The molecule has 1 aliphatic rings. The zero-order valence-electron chi connectivity index (χ0n) is 12.1. The summed E-state index contributed by atoms with van der Waals surface area (Å²) < 4.78 is 1.92. The van der Waals surface area contributed by atoms with E-state index in [2.05, 4.69) is 31.9 Å². The Morgan fingerprint density at radius 3 is 2.78 bits per heavy atom. The zero-order valence-corrected chi connectivity index (χ0v) is 12.1. The van der Waals surface area contributed by atoms with E-state index < -0.39 is 0 Å². The van der Waals surface area contributed by atoms with Crippen LogP contribution in [0.4, 0.5) is 0 Å². The van der Waals surface area contributed by atoms with Crippen LogP contribution in [0.5, 0.6) is 0 Å². The molecule has 102 valence electrons. The van der Waals surface area contributed by atoms with Gasteiger partial charge in [0.15, 0.2) is 0 Å². The number of aryl methyl sites for hydroxylation is 2. The molecule has 0 bridgehead atoms. The highest BCUT2D eigenvalue weighted by Crippen LogP contribution is 2.44. The molecule has 1 N–H and O–H groups in total. The fraction of sp³-hybridized carbons (Fsp3) is 0.800. The van der Waals surface area contributed by atoms with Crippen LogP contribution in [0.1, 0.15) is 51.4 Å². The van der Waals surface area contributed by atoms with Crippen LogP contribution in [0, 0.1) is 11.3 Å². The summed E-state index contributed by atoms with van der Waals surface area (Å²) in [5.74, 6) is 0.428. The Morgan fingerprint density at radius 2 is 2.28 bits per heavy atom. The molecule has 1 aromatic rings. The first-order valence-corrected chi connectivity index (χ1v) is 7.14. The maximum Gasteiger partial charge on any atom is 0.0628 e. The van der Waals surface area contributed by atoms with Gasteiger partial charge in [0, 0.05) is 19.2 Å².